The van der Waals surface area contributed by atoms with Crippen molar-refractivity contribution in [3.05, 3.63) is 97.5 Å². The van der Waals surface area contributed by atoms with Gasteiger partial charge < -0.3 is 12.3 Å². The predicted octanol–water partition coefficient (Wildman–Crippen LogP) is 5.16. The van der Waals surface area contributed by atoms with Crippen molar-refractivity contribution in [1.82, 2.24) is 0 Å². The molecule has 0 N–H and O–H groups in total. The largest absolute Gasteiger partial charge is 0.418 e. The molecule has 2 rings (SSSR count). The zero-order chi connectivity index (χ0) is 22.5. The first-order valence-corrected chi connectivity index (χ1v) is 20.7. The van der Waals surface area contributed by atoms with Gasteiger partial charge in [-0.15, -0.1) is 41.9 Å². The van der Waals surface area contributed by atoms with E-state index in [1.807, 2.05) is 80.3 Å². The second-order valence-corrected chi connectivity index (χ2v) is 23.2. The number of hydrogen-bond acceptors (Lipinski definition) is 3. The summed E-state index contributed by atoms with van der Waals surface area (Å²) in [5, 5.41) is 1.88. The summed E-state index contributed by atoms with van der Waals surface area (Å²) in [5.41, 5.74) is 5.11. The van der Waals surface area contributed by atoms with Crippen LogP contribution in [0.1, 0.15) is 0 Å². The van der Waals surface area contributed by atoms with Crippen molar-refractivity contribution in [3.8, 4) is 0 Å². The van der Waals surface area contributed by atoms with Crippen molar-refractivity contribution in [1.29, 1.82) is 0 Å². The van der Waals surface area contributed by atoms with Crippen molar-refractivity contribution in [2.45, 2.75) is 19.6 Å². The van der Waals surface area contributed by atoms with Gasteiger partial charge >= 0.3 is 32.4 Å². The van der Waals surface area contributed by atoms with E-state index in [4.69, 9.17) is 34.5 Å². The topological polar surface area (TPSA) is 27.7 Å². The van der Waals surface area contributed by atoms with Gasteiger partial charge in [0.1, 0.15) is 0 Å². The minimum absolute atomic E-state index is 0.938. The van der Waals surface area contributed by atoms with Crippen molar-refractivity contribution in [3.63, 3.8) is 0 Å². The quantitative estimate of drug-likeness (QED) is 0.308. The van der Waals surface area contributed by atoms with Crippen LogP contribution in [0.15, 0.2) is 97.5 Å². The van der Waals surface area contributed by atoms with Crippen molar-refractivity contribution in [2.24, 2.45) is 0 Å². The van der Waals surface area contributed by atoms with E-state index in [0.717, 1.165) is 10.4 Å². The minimum atomic E-state index is -3.11. The lowest BCUT2D eigenvalue weighted by Crippen LogP contribution is -2.64. The normalized spacial score (nSPS) is 17.8. The Hall–Kier alpha value is -1.01. The summed E-state index contributed by atoms with van der Waals surface area (Å²) in [7, 11) is -11.6. The molecule has 0 spiro atoms. The van der Waals surface area contributed by atoms with E-state index in [0.29, 0.717) is 0 Å². The molecular weight excluding hydrogens is 483 g/mol. The summed E-state index contributed by atoms with van der Waals surface area (Å²) in [6.45, 7) is 17.4. The molecule has 3 atom stereocenters. The third-order valence-electron chi connectivity index (χ3n) is 4.55. The molecule has 0 saturated heterocycles. The maximum atomic E-state index is 7.32. The van der Waals surface area contributed by atoms with E-state index in [1.54, 1.807) is 17.1 Å². The molecule has 3 nitrogen and oxygen atoms in total. The number of halogens is 2. The number of benzene rings is 2. The Kier molecular flexibility index (Phi) is 8.48. The van der Waals surface area contributed by atoms with Crippen LogP contribution in [0.3, 0.4) is 0 Å². The highest BCUT2D eigenvalue weighted by Gasteiger charge is 2.50. The lowest BCUT2D eigenvalue weighted by molar-refractivity contribution is 0.350. The Morgan fingerprint density at radius 1 is 0.633 bits per heavy atom. The van der Waals surface area contributed by atoms with Gasteiger partial charge in [-0.3, -0.25) is 0 Å². The molecule has 0 bridgehead atoms. The van der Waals surface area contributed by atoms with Crippen LogP contribution in [0, 0.1) is 0 Å². The zero-order valence-corrected chi connectivity index (χ0v) is 23.1. The van der Waals surface area contributed by atoms with Crippen LogP contribution in [0.2, 0.25) is 19.6 Å². The number of rotatable bonds is 11. The molecule has 160 valence electrons. The van der Waals surface area contributed by atoms with Crippen LogP contribution in [0.5, 0.6) is 0 Å². The van der Waals surface area contributed by atoms with Gasteiger partial charge in [-0.05, 0) is 30.0 Å². The molecule has 3 unspecified atom stereocenters. The molecule has 0 radical (unpaired) electrons. The van der Waals surface area contributed by atoms with Gasteiger partial charge in [0.05, 0.1) is 0 Å². The third kappa shape index (κ3) is 6.25. The van der Waals surface area contributed by atoms with Crippen LogP contribution in [-0.4, -0.2) is 32.4 Å². The fourth-order valence-electron chi connectivity index (χ4n) is 2.92. The van der Waals surface area contributed by atoms with Gasteiger partial charge in [0, 0.05) is 0 Å². The molecule has 0 aliphatic rings. The fraction of sp³-hybridized carbons (Fsp3) is 0.143. The summed E-state index contributed by atoms with van der Waals surface area (Å²) in [6, 6.07) is 19.7. The molecule has 0 aliphatic heterocycles. The molecule has 9 heteroatoms. The SMILES string of the molecule is C=C[Si](C)(Cl)O[Si](C)(C=C)O[Si](C)(C=C)O[Si](Cl)(c1ccccc1)c1ccccc1. The van der Waals surface area contributed by atoms with Crippen LogP contribution in [-0.2, 0) is 12.3 Å². The van der Waals surface area contributed by atoms with Gasteiger partial charge in [-0.2, -0.15) is 0 Å². The van der Waals surface area contributed by atoms with Gasteiger partial charge in [0.25, 0.3) is 0 Å². The Morgan fingerprint density at radius 2 is 1.03 bits per heavy atom. The Morgan fingerprint density at radius 3 is 1.40 bits per heavy atom. The Labute approximate surface area is 193 Å². The summed E-state index contributed by atoms with van der Waals surface area (Å²) in [4.78, 5) is 0. The molecule has 0 heterocycles. The van der Waals surface area contributed by atoms with Crippen molar-refractivity contribution >= 4 is 64.9 Å². The summed E-state index contributed by atoms with van der Waals surface area (Å²) in [6.07, 6.45) is 0. The zero-order valence-electron chi connectivity index (χ0n) is 17.6. The van der Waals surface area contributed by atoms with E-state index in [-0.39, 0.29) is 0 Å². The average Bonchev–Trinajstić information content (AvgIpc) is 2.74. The number of hydrogen-bond donors (Lipinski definition) is 0. The third-order valence-corrected chi connectivity index (χ3v) is 21.3. The van der Waals surface area contributed by atoms with E-state index >= 15 is 0 Å². The molecule has 0 fully saturated rings. The monoisotopic (exact) mass is 510 g/mol. The minimum Gasteiger partial charge on any atom is -0.418 e. The fourth-order valence-corrected chi connectivity index (χ4v) is 20.3. The highest BCUT2D eigenvalue weighted by atomic mass is 35.6. The smallest absolute Gasteiger partial charge is 0.347 e. The van der Waals surface area contributed by atoms with Crippen LogP contribution in [0.4, 0.5) is 0 Å². The highest BCUT2D eigenvalue weighted by Crippen LogP contribution is 2.28. The molecular formula is C21H28Cl2O3Si4. The second kappa shape index (κ2) is 10.1. The van der Waals surface area contributed by atoms with E-state index in [2.05, 4.69) is 19.7 Å². The first kappa shape index (κ1) is 25.2. The second-order valence-electron chi connectivity index (χ2n) is 7.26. The van der Waals surface area contributed by atoms with E-state index in [9.17, 15) is 0 Å². The van der Waals surface area contributed by atoms with Crippen molar-refractivity contribution in [2.75, 3.05) is 0 Å². The summed E-state index contributed by atoms with van der Waals surface area (Å²) < 4.78 is 19.5. The van der Waals surface area contributed by atoms with Crippen LogP contribution in [0.25, 0.3) is 0 Å². The van der Waals surface area contributed by atoms with Crippen molar-refractivity contribution < 1.29 is 12.3 Å². The molecule has 2 aromatic carbocycles. The van der Waals surface area contributed by atoms with Crippen LogP contribution < -0.4 is 10.4 Å². The highest BCUT2D eigenvalue weighted by molar-refractivity contribution is 7.32. The van der Waals surface area contributed by atoms with Gasteiger partial charge in [0.2, 0.25) is 0 Å². The van der Waals surface area contributed by atoms with E-state index < -0.39 is 32.4 Å². The molecule has 0 saturated carbocycles. The van der Waals surface area contributed by atoms with E-state index in [1.165, 1.54) is 0 Å². The lowest BCUT2D eigenvalue weighted by atomic mass is 10.4. The molecule has 0 aromatic heterocycles. The average molecular weight is 512 g/mol. The Bertz CT molecular complexity index is 843. The first-order chi connectivity index (χ1) is 14.0. The predicted molar refractivity (Wildman–Crippen MR) is 138 cm³/mol. The summed E-state index contributed by atoms with van der Waals surface area (Å²) >= 11 is 13.8. The van der Waals surface area contributed by atoms with Gasteiger partial charge in [0.15, 0.2) is 0 Å². The maximum Gasteiger partial charge on any atom is 0.347 e. The maximum absolute atomic E-state index is 7.32. The molecule has 0 aliphatic carbocycles. The van der Waals surface area contributed by atoms with Crippen LogP contribution >= 0.6 is 22.2 Å². The standard InChI is InChI=1S/C21H28Cl2O3Si4/c1-7-27(4,22)24-28(5,8-2)25-29(6,9-3)26-30(23,20-16-12-10-13-17-20)21-18-14-11-15-19-21/h7-19H,1-3H2,4-6H3. The summed E-state index contributed by atoms with van der Waals surface area (Å²) in [5.74, 6) is 0. The Balaban J connectivity index is 2.47. The lowest BCUT2D eigenvalue weighted by Gasteiger charge is -2.40. The van der Waals surface area contributed by atoms with Gasteiger partial charge in [-0.1, -0.05) is 77.8 Å². The molecule has 30 heavy (non-hydrogen) atoms. The molecule has 2 aromatic rings. The molecule has 0 amide bonds. The van der Waals surface area contributed by atoms with Gasteiger partial charge in [-0.25, -0.2) is 0 Å². The first-order valence-electron chi connectivity index (χ1n) is 9.51.